The summed E-state index contributed by atoms with van der Waals surface area (Å²) in [5, 5.41) is 0. The molecule has 2 N–H and O–H groups in total. The lowest BCUT2D eigenvalue weighted by atomic mass is 10.2. The maximum Gasteiger partial charge on any atom is 0.168 e. The summed E-state index contributed by atoms with van der Waals surface area (Å²) < 4.78 is 5.68. The van der Waals surface area contributed by atoms with Crippen LogP contribution in [0.15, 0.2) is 0 Å². The van der Waals surface area contributed by atoms with Gasteiger partial charge in [-0.1, -0.05) is 0 Å². The lowest BCUT2D eigenvalue weighted by Gasteiger charge is -2.35. The topological polar surface area (TPSA) is 72.6 Å². The molecule has 1 saturated heterocycles. The highest BCUT2D eigenvalue weighted by atomic mass is 16.5. The molecule has 1 aliphatic heterocycles. The average molecular weight is 242 g/mol. The lowest BCUT2D eigenvalue weighted by Crippen LogP contribution is -2.51. The molecular weight excluding hydrogens is 220 g/mol. The Bertz CT molecular complexity index is 275. The zero-order valence-electron chi connectivity index (χ0n) is 10.8. The van der Waals surface area contributed by atoms with Gasteiger partial charge in [-0.25, -0.2) is 0 Å². The van der Waals surface area contributed by atoms with Crippen LogP contribution >= 0.6 is 0 Å². The molecule has 5 heteroatoms. The van der Waals surface area contributed by atoms with E-state index < -0.39 is 11.8 Å². The van der Waals surface area contributed by atoms with Crippen LogP contribution in [0.4, 0.5) is 0 Å². The first-order valence-corrected chi connectivity index (χ1v) is 5.99. The van der Waals surface area contributed by atoms with Crippen LogP contribution in [-0.4, -0.2) is 47.9 Å². The Hall–Kier alpha value is -0.780. The van der Waals surface area contributed by atoms with Gasteiger partial charge in [-0.05, 0) is 33.6 Å². The molecule has 17 heavy (non-hydrogen) atoms. The molecule has 1 fully saturated rings. The number of carbonyl (C=O) groups excluding carboxylic acids is 2. The fourth-order valence-electron chi connectivity index (χ4n) is 2.23. The lowest BCUT2D eigenvalue weighted by molar-refractivity contribution is -0.160. The van der Waals surface area contributed by atoms with Crippen LogP contribution in [0.1, 0.15) is 33.6 Å². The fourth-order valence-corrected chi connectivity index (χ4v) is 2.23. The molecule has 5 nitrogen and oxygen atoms in total. The Balaban J connectivity index is 2.83. The Morgan fingerprint density at radius 1 is 1.41 bits per heavy atom. The molecule has 0 amide bonds. The van der Waals surface area contributed by atoms with Gasteiger partial charge in [-0.15, -0.1) is 0 Å². The third kappa shape index (κ3) is 3.59. The normalized spacial score (nSPS) is 28.0. The number of rotatable bonds is 5. The van der Waals surface area contributed by atoms with E-state index in [0.29, 0.717) is 6.54 Å². The van der Waals surface area contributed by atoms with Crippen molar-refractivity contribution in [1.82, 2.24) is 4.90 Å². The predicted octanol–water partition coefficient (Wildman–Crippen LogP) is 0.317. The van der Waals surface area contributed by atoms with E-state index in [-0.39, 0.29) is 12.1 Å². The molecule has 0 spiro atoms. The van der Waals surface area contributed by atoms with Gasteiger partial charge in [0, 0.05) is 12.6 Å². The molecule has 0 aromatic heterocycles. The van der Waals surface area contributed by atoms with Crippen LogP contribution in [0.25, 0.3) is 0 Å². The van der Waals surface area contributed by atoms with Gasteiger partial charge in [0.05, 0.1) is 11.6 Å². The van der Waals surface area contributed by atoms with Crippen LogP contribution in [-0.2, 0) is 14.3 Å². The van der Waals surface area contributed by atoms with Crippen molar-refractivity contribution < 1.29 is 14.3 Å². The number of hydrogen-bond acceptors (Lipinski definition) is 5. The zero-order valence-corrected chi connectivity index (χ0v) is 10.8. The third-order valence-electron chi connectivity index (χ3n) is 2.91. The minimum Gasteiger partial charge on any atom is -0.350 e. The molecule has 0 bridgehead atoms. The van der Waals surface area contributed by atoms with Gasteiger partial charge in [0.25, 0.3) is 0 Å². The second-order valence-corrected chi connectivity index (χ2v) is 5.37. The number of ether oxygens (including phenoxy) is 1. The number of carbonyl (C=O) groups is 2. The van der Waals surface area contributed by atoms with Gasteiger partial charge in [0.15, 0.2) is 12.5 Å². The van der Waals surface area contributed by atoms with Crippen molar-refractivity contribution in [3.8, 4) is 0 Å². The van der Waals surface area contributed by atoms with Crippen LogP contribution in [0, 0.1) is 0 Å². The van der Waals surface area contributed by atoms with Crippen molar-refractivity contribution in [2.24, 2.45) is 5.73 Å². The third-order valence-corrected chi connectivity index (χ3v) is 2.91. The number of aldehydes is 2. The summed E-state index contributed by atoms with van der Waals surface area (Å²) in [7, 11) is 0. The smallest absolute Gasteiger partial charge is 0.168 e. The number of likely N-dealkylation sites (tertiary alicyclic amines) is 1. The van der Waals surface area contributed by atoms with Crippen LogP contribution in [0.2, 0.25) is 0 Å². The molecule has 1 heterocycles. The van der Waals surface area contributed by atoms with Crippen molar-refractivity contribution >= 4 is 12.6 Å². The minimum absolute atomic E-state index is 0.0442. The van der Waals surface area contributed by atoms with Gasteiger partial charge < -0.3 is 15.3 Å². The SMILES string of the molecule is CC(C)(C)OC(C=O)N1C(C=O)CCC1CN. The summed E-state index contributed by atoms with van der Waals surface area (Å²) in [6, 6.07) is -0.219. The Labute approximate surface area is 102 Å². The van der Waals surface area contributed by atoms with E-state index in [1.165, 1.54) is 0 Å². The van der Waals surface area contributed by atoms with E-state index in [0.717, 1.165) is 25.4 Å². The first kappa shape index (κ1) is 14.3. The minimum atomic E-state index is -0.693. The molecular formula is C12H22N2O3. The van der Waals surface area contributed by atoms with Crippen molar-refractivity contribution in [2.75, 3.05) is 6.54 Å². The van der Waals surface area contributed by atoms with Crippen molar-refractivity contribution in [1.29, 1.82) is 0 Å². The molecule has 0 aromatic rings. The molecule has 0 saturated carbocycles. The first-order valence-electron chi connectivity index (χ1n) is 5.99. The van der Waals surface area contributed by atoms with E-state index in [1.54, 1.807) is 4.90 Å². The molecule has 3 atom stereocenters. The fraction of sp³-hybridized carbons (Fsp3) is 0.833. The van der Waals surface area contributed by atoms with Crippen LogP contribution in [0.3, 0.4) is 0 Å². The van der Waals surface area contributed by atoms with Gasteiger partial charge in [0.2, 0.25) is 0 Å². The molecule has 0 aliphatic carbocycles. The standard InChI is InChI=1S/C12H22N2O3/c1-12(2,3)17-11(8-16)14-9(6-13)4-5-10(14)7-15/h7-11H,4-6,13H2,1-3H3. The van der Waals surface area contributed by atoms with E-state index in [2.05, 4.69) is 0 Å². The second-order valence-electron chi connectivity index (χ2n) is 5.37. The Morgan fingerprint density at radius 3 is 2.47 bits per heavy atom. The molecule has 1 aliphatic rings. The molecule has 3 unspecified atom stereocenters. The van der Waals surface area contributed by atoms with E-state index >= 15 is 0 Å². The highest BCUT2D eigenvalue weighted by molar-refractivity contribution is 5.62. The van der Waals surface area contributed by atoms with E-state index in [4.69, 9.17) is 10.5 Å². The quantitative estimate of drug-likeness (QED) is 0.703. The summed E-state index contributed by atoms with van der Waals surface area (Å²) in [5.41, 5.74) is 5.24. The molecule has 1 rings (SSSR count). The van der Waals surface area contributed by atoms with Gasteiger partial charge in [-0.3, -0.25) is 9.69 Å². The zero-order chi connectivity index (χ0) is 13.1. The largest absolute Gasteiger partial charge is 0.350 e. The highest BCUT2D eigenvalue weighted by Gasteiger charge is 2.39. The molecule has 0 radical (unpaired) electrons. The van der Waals surface area contributed by atoms with E-state index in [9.17, 15) is 9.59 Å². The average Bonchev–Trinajstić information content (AvgIpc) is 2.67. The predicted molar refractivity (Wildman–Crippen MR) is 64.5 cm³/mol. The second kappa shape index (κ2) is 5.71. The van der Waals surface area contributed by atoms with Gasteiger partial charge in [-0.2, -0.15) is 0 Å². The summed E-state index contributed by atoms with van der Waals surface area (Å²) in [4.78, 5) is 24.0. The summed E-state index contributed by atoms with van der Waals surface area (Å²) in [5.74, 6) is 0. The number of nitrogens with two attached hydrogens (primary N) is 1. The van der Waals surface area contributed by atoms with Crippen molar-refractivity contribution in [3.63, 3.8) is 0 Å². The number of hydrogen-bond donors (Lipinski definition) is 1. The van der Waals surface area contributed by atoms with Crippen LogP contribution < -0.4 is 5.73 Å². The van der Waals surface area contributed by atoms with Crippen molar-refractivity contribution in [3.05, 3.63) is 0 Å². The van der Waals surface area contributed by atoms with Crippen molar-refractivity contribution in [2.45, 2.75) is 57.5 Å². The van der Waals surface area contributed by atoms with Crippen LogP contribution in [0.5, 0.6) is 0 Å². The van der Waals surface area contributed by atoms with Gasteiger partial charge in [0.1, 0.15) is 6.29 Å². The molecule has 0 aromatic carbocycles. The Kier molecular flexibility index (Phi) is 4.80. The summed E-state index contributed by atoms with van der Waals surface area (Å²) in [6.45, 7) is 6.08. The number of nitrogens with zero attached hydrogens (tertiary/aromatic N) is 1. The van der Waals surface area contributed by atoms with Gasteiger partial charge >= 0.3 is 0 Å². The van der Waals surface area contributed by atoms with E-state index in [1.807, 2.05) is 20.8 Å². The molecule has 98 valence electrons. The summed E-state index contributed by atoms with van der Waals surface area (Å²) >= 11 is 0. The first-order chi connectivity index (χ1) is 7.92. The maximum atomic E-state index is 11.2. The summed E-state index contributed by atoms with van der Waals surface area (Å²) in [6.07, 6.45) is 2.50. The Morgan fingerprint density at radius 2 is 2.06 bits per heavy atom. The maximum absolute atomic E-state index is 11.2. The highest BCUT2D eigenvalue weighted by Crippen LogP contribution is 2.26. The monoisotopic (exact) mass is 242 g/mol.